The zero-order chi connectivity index (χ0) is 33.4. The Bertz CT molecular complexity index is 1470. The lowest BCUT2D eigenvalue weighted by Gasteiger charge is -2.41. The monoisotopic (exact) mass is 627 g/mol. The summed E-state index contributed by atoms with van der Waals surface area (Å²) in [5.74, 6) is -2.50. The van der Waals surface area contributed by atoms with Crippen LogP contribution in [0.5, 0.6) is 0 Å². The molecule has 2 aromatic rings. The molecular formula is C38H49N3O5. The van der Waals surface area contributed by atoms with Crippen molar-refractivity contribution < 1.29 is 24.2 Å². The van der Waals surface area contributed by atoms with Gasteiger partial charge >= 0.3 is 0 Å². The predicted octanol–water partition coefficient (Wildman–Crippen LogP) is 5.21. The van der Waals surface area contributed by atoms with Crippen molar-refractivity contribution in [2.24, 2.45) is 17.8 Å². The Kier molecular flexibility index (Phi) is 9.62. The molecule has 0 aromatic heterocycles. The van der Waals surface area contributed by atoms with E-state index in [1.807, 2.05) is 83.1 Å². The van der Waals surface area contributed by atoms with Crippen molar-refractivity contribution in [2.75, 3.05) is 24.6 Å². The maximum absolute atomic E-state index is 15.1. The molecule has 0 aliphatic carbocycles. The number of aryl methyl sites for hydroxylation is 2. The smallest absolute Gasteiger partial charge is 0.253 e. The van der Waals surface area contributed by atoms with Gasteiger partial charge in [-0.15, -0.1) is 13.2 Å². The number of amides is 3. The van der Waals surface area contributed by atoms with E-state index in [4.69, 9.17) is 4.74 Å². The quantitative estimate of drug-likeness (QED) is 0.308. The Morgan fingerprint density at radius 3 is 2.28 bits per heavy atom. The second kappa shape index (κ2) is 13.2. The third-order valence-corrected chi connectivity index (χ3v) is 10.7. The molecule has 5 rings (SSSR count). The van der Waals surface area contributed by atoms with Crippen LogP contribution in [0, 0.1) is 31.6 Å². The number of carbonyl (C=O) groups excluding carboxylic acids is 3. The molecule has 0 radical (unpaired) electrons. The van der Waals surface area contributed by atoms with Crippen molar-refractivity contribution in [3.63, 3.8) is 0 Å². The number of carbonyl (C=O) groups is 3. The number of fused-ring (bicyclic) bond motifs is 1. The van der Waals surface area contributed by atoms with Crippen LogP contribution in [0.2, 0.25) is 0 Å². The minimum absolute atomic E-state index is 0.0928. The Hall–Kier alpha value is -3.75. The molecule has 2 unspecified atom stereocenters. The van der Waals surface area contributed by atoms with Crippen LogP contribution in [-0.2, 0) is 25.7 Å². The van der Waals surface area contributed by atoms with Crippen molar-refractivity contribution in [1.82, 2.24) is 9.80 Å². The number of ether oxygens (including phenoxy) is 1. The molecule has 46 heavy (non-hydrogen) atoms. The van der Waals surface area contributed by atoms with Crippen LogP contribution < -0.4 is 4.90 Å². The minimum atomic E-state index is -1.22. The summed E-state index contributed by atoms with van der Waals surface area (Å²) in [4.78, 5) is 49.7. The highest BCUT2D eigenvalue weighted by molar-refractivity contribution is 6.06. The van der Waals surface area contributed by atoms with E-state index < -0.39 is 35.1 Å². The Morgan fingerprint density at radius 1 is 1.04 bits per heavy atom. The molecule has 246 valence electrons. The molecule has 1 N–H and O–H groups in total. The first-order chi connectivity index (χ1) is 22.0. The van der Waals surface area contributed by atoms with Gasteiger partial charge in [-0.05, 0) is 56.2 Å². The summed E-state index contributed by atoms with van der Waals surface area (Å²) in [5.41, 5.74) is 1.46. The number of hydrogen-bond acceptors (Lipinski definition) is 5. The average Bonchev–Trinajstić information content (AvgIpc) is 3.61. The SMILES string of the molecule is C=CCN(Cc1ccccc1)C(=O)[C@@H]1[C@H]2C(=O)N([C@@H](CO)[C@@H](C)CC)C(C(=O)N(CC=C)c3c(C)cccc3C)C23CC[C@@]1(C)O3. The predicted molar refractivity (Wildman–Crippen MR) is 180 cm³/mol. The summed E-state index contributed by atoms with van der Waals surface area (Å²) in [6, 6.07) is 14.0. The Labute approximate surface area is 273 Å². The van der Waals surface area contributed by atoms with Crippen LogP contribution in [-0.4, -0.2) is 75.6 Å². The maximum Gasteiger partial charge on any atom is 0.253 e. The van der Waals surface area contributed by atoms with Gasteiger partial charge in [0.1, 0.15) is 11.6 Å². The van der Waals surface area contributed by atoms with E-state index in [2.05, 4.69) is 13.2 Å². The summed E-state index contributed by atoms with van der Waals surface area (Å²) < 4.78 is 6.96. The number of hydrogen-bond donors (Lipinski definition) is 1. The number of likely N-dealkylation sites (tertiary alicyclic amines) is 1. The van der Waals surface area contributed by atoms with Crippen molar-refractivity contribution in [1.29, 1.82) is 0 Å². The zero-order valence-corrected chi connectivity index (χ0v) is 27.9. The summed E-state index contributed by atoms with van der Waals surface area (Å²) in [6.07, 6.45) is 5.09. The number of rotatable bonds is 13. The number of para-hydroxylation sites is 1. The van der Waals surface area contributed by atoms with E-state index in [0.29, 0.717) is 32.4 Å². The van der Waals surface area contributed by atoms with E-state index >= 15 is 4.79 Å². The minimum Gasteiger partial charge on any atom is -0.394 e. The molecule has 3 saturated heterocycles. The molecule has 3 fully saturated rings. The molecule has 2 bridgehead atoms. The molecule has 7 atom stereocenters. The standard InChI is InChI=1S/C38H49N3O5/c1-8-21-39(23-28-17-12-11-13-18-28)34(43)30-31-35(44)41(29(24-42)25(4)10-3)33(38(31)20-19-37(30,7)46-38)36(45)40(22-9-2)32-26(5)15-14-16-27(32)6/h8-9,11-18,25,29-31,33,42H,1-2,10,19-24H2,3-7H3/t25-,29-,30-,31-,33?,37+,38?/m0/s1. The lowest BCUT2D eigenvalue weighted by atomic mass is 9.66. The summed E-state index contributed by atoms with van der Waals surface area (Å²) >= 11 is 0. The van der Waals surface area contributed by atoms with Crippen molar-refractivity contribution in [3.8, 4) is 0 Å². The average molecular weight is 628 g/mol. The van der Waals surface area contributed by atoms with Gasteiger partial charge in [0, 0.05) is 25.3 Å². The van der Waals surface area contributed by atoms with Crippen molar-refractivity contribution in [3.05, 3.63) is 90.5 Å². The lowest BCUT2D eigenvalue weighted by molar-refractivity contribution is -0.153. The van der Waals surface area contributed by atoms with Crippen LogP contribution in [0.1, 0.15) is 56.7 Å². The normalized spacial score (nSPS) is 27.7. The van der Waals surface area contributed by atoms with Crippen molar-refractivity contribution in [2.45, 2.75) is 83.7 Å². The lowest BCUT2D eigenvalue weighted by Crippen LogP contribution is -2.60. The van der Waals surface area contributed by atoms with Crippen LogP contribution in [0.15, 0.2) is 73.8 Å². The van der Waals surface area contributed by atoms with Crippen LogP contribution in [0.4, 0.5) is 5.69 Å². The van der Waals surface area contributed by atoms with E-state index in [9.17, 15) is 14.7 Å². The third-order valence-electron chi connectivity index (χ3n) is 10.7. The van der Waals surface area contributed by atoms with Crippen molar-refractivity contribution >= 4 is 23.4 Å². The van der Waals surface area contributed by atoms with Gasteiger partial charge in [0.25, 0.3) is 5.91 Å². The molecule has 3 aliphatic heterocycles. The fraction of sp³-hybridized carbons (Fsp3) is 0.500. The second-order valence-corrected chi connectivity index (χ2v) is 13.6. The van der Waals surface area contributed by atoms with E-state index in [1.54, 1.807) is 26.9 Å². The fourth-order valence-corrected chi connectivity index (χ4v) is 8.38. The van der Waals surface area contributed by atoms with Gasteiger partial charge in [0.15, 0.2) is 0 Å². The fourth-order valence-electron chi connectivity index (χ4n) is 8.38. The van der Waals surface area contributed by atoms with Gasteiger partial charge in [-0.1, -0.05) is 81.0 Å². The molecule has 8 heteroatoms. The first kappa shape index (κ1) is 33.6. The highest BCUT2D eigenvalue weighted by atomic mass is 16.5. The summed E-state index contributed by atoms with van der Waals surface area (Å²) in [6.45, 7) is 18.3. The first-order valence-electron chi connectivity index (χ1n) is 16.5. The molecular weight excluding hydrogens is 578 g/mol. The van der Waals surface area contributed by atoms with Gasteiger partial charge in [0.05, 0.1) is 30.1 Å². The zero-order valence-electron chi connectivity index (χ0n) is 27.9. The maximum atomic E-state index is 15.1. The van der Waals surface area contributed by atoms with E-state index in [0.717, 1.165) is 22.4 Å². The molecule has 8 nitrogen and oxygen atoms in total. The van der Waals surface area contributed by atoms with Crippen LogP contribution in [0.3, 0.4) is 0 Å². The molecule has 3 aliphatic rings. The van der Waals surface area contributed by atoms with Gasteiger partial charge in [-0.25, -0.2) is 0 Å². The first-order valence-corrected chi connectivity index (χ1v) is 16.5. The van der Waals surface area contributed by atoms with Gasteiger partial charge in [-0.3, -0.25) is 14.4 Å². The molecule has 1 spiro atoms. The summed E-state index contributed by atoms with van der Waals surface area (Å²) in [7, 11) is 0. The van der Waals surface area contributed by atoms with Crippen LogP contribution >= 0.6 is 0 Å². The Morgan fingerprint density at radius 2 is 1.70 bits per heavy atom. The number of aliphatic hydroxyl groups is 1. The highest BCUT2D eigenvalue weighted by Crippen LogP contribution is 2.64. The third kappa shape index (κ3) is 5.39. The van der Waals surface area contributed by atoms with Gasteiger partial charge in [0.2, 0.25) is 11.8 Å². The highest BCUT2D eigenvalue weighted by Gasteiger charge is 2.79. The molecule has 2 aromatic carbocycles. The number of nitrogens with zero attached hydrogens (tertiary/aromatic N) is 3. The van der Waals surface area contributed by atoms with E-state index in [1.165, 1.54) is 0 Å². The number of anilines is 1. The molecule has 3 heterocycles. The molecule has 3 amide bonds. The second-order valence-electron chi connectivity index (χ2n) is 13.6. The van der Waals surface area contributed by atoms with Gasteiger partial charge in [-0.2, -0.15) is 0 Å². The Balaban J connectivity index is 1.64. The number of benzene rings is 2. The van der Waals surface area contributed by atoms with Crippen LogP contribution in [0.25, 0.3) is 0 Å². The largest absolute Gasteiger partial charge is 0.394 e. The molecule has 0 saturated carbocycles. The summed E-state index contributed by atoms with van der Waals surface area (Å²) in [5, 5.41) is 10.8. The van der Waals surface area contributed by atoms with Gasteiger partial charge < -0.3 is 24.5 Å². The topological polar surface area (TPSA) is 90.4 Å². The number of aliphatic hydroxyl groups excluding tert-OH is 1. The van der Waals surface area contributed by atoms with E-state index in [-0.39, 0.29) is 36.8 Å².